The number of nitrogens with zero attached hydrogens (tertiary/aromatic N) is 1. The summed E-state index contributed by atoms with van der Waals surface area (Å²) in [6, 6.07) is 9.00. The lowest BCUT2D eigenvalue weighted by Gasteiger charge is -2.27. The van der Waals surface area contributed by atoms with Gasteiger partial charge in [0.1, 0.15) is 0 Å². The minimum absolute atomic E-state index is 0.307. The highest BCUT2D eigenvalue weighted by Crippen LogP contribution is 2.47. The van der Waals surface area contributed by atoms with Gasteiger partial charge in [-0.1, -0.05) is 24.3 Å². The van der Waals surface area contributed by atoms with Crippen LogP contribution in [0.1, 0.15) is 24.0 Å². The molecular formula is C15H22N2O. The van der Waals surface area contributed by atoms with Gasteiger partial charge < -0.3 is 10.5 Å². The van der Waals surface area contributed by atoms with Crippen LogP contribution in [0, 0.1) is 0 Å². The van der Waals surface area contributed by atoms with Gasteiger partial charge in [-0.15, -0.1) is 0 Å². The highest BCUT2D eigenvalue weighted by molar-refractivity contribution is 5.35. The number of hydrogen-bond donors (Lipinski definition) is 1. The summed E-state index contributed by atoms with van der Waals surface area (Å²) in [6.07, 6.45) is 2.51. The molecule has 3 heteroatoms. The molecule has 1 heterocycles. The molecule has 0 spiro atoms. The lowest BCUT2D eigenvalue weighted by Crippen LogP contribution is -2.35. The molecule has 18 heavy (non-hydrogen) atoms. The summed E-state index contributed by atoms with van der Waals surface area (Å²) in [6.45, 7) is 5.66. The van der Waals surface area contributed by atoms with E-state index in [2.05, 4.69) is 29.2 Å². The van der Waals surface area contributed by atoms with Crippen molar-refractivity contribution >= 4 is 0 Å². The first kappa shape index (κ1) is 12.2. The SMILES string of the molecule is NCC1(c2cccc(CN3CCOCC3)c2)CC1. The normalized spacial score (nSPS) is 22.9. The quantitative estimate of drug-likeness (QED) is 0.875. The summed E-state index contributed by atoms with van der Waals surface area (Å²) in [7, 11) is 0. The molecule has 1 aliphatic carbocycles. The van der Waals surface area contributed by atoms with Gasteiger partial charge in [-0.25, -0.2) is 0 Å². The fraction of sp³-hybridized carbons (Fsp3) is 0.600. The summed E-state index contributed by atoms with van der Waals surface area (Å²) in [4.78, 5) is 2.46. The molecule has 1 saturated heterocycles. The lowest BCUT2D eigenvalue weighted by molar-refractivity contribution is 0.0342. The van der Waals surface area contributed by atoms with E-state index >= 15 is 0 Å². The zero-order valence-electron chi connectivity index (χ0n) is 10.9. The van der Waals surface area contributed by atoms with E-state index in [1.807, 2.05) is 0 Å². The molecule has 0 amide bonds. The number of nitrogens with two attached hydrogens (primary N) is 1. The van der Waals surface area contributed by atoms with Crippen LogP contribution in [0.5, 0.6) is 0 Å². The molecular weight excluding hydrogens is 224 g/mol. The first-order valence-corrected chi connectivity index (χ1v) is 6.92. The summed E-state index contributed by atoms with van der Waals surface area (Å²) >= 11 is 0. The van der Waals surface area contributed by atoms with E-state index in [0.717, 1.165) is 39.4 Å². The molecule has 1 aromatic rings. The molecule has 0 aromatic heterocycles. The molecule has 2 fully saturated rings. The Hall–Kier alpha value is -0.900. The standard InChI is InChI=1S/C15H22N2O/c16-12-15(4-5-15)14-3-1-2-13(10-14)11-17-6-8-18-9-7-17/h1-3,10H,4-9,11-12,16H2. The molecule has 1 aromatic carbocycles. The Balaban J connectivity index is 1.70. The minimum Gasteiger partial charge on any atom is -0.379 e. The van der Waals surface area contributed by atoms with Crippen LogP contribution in [-0.4, -0.2) is 37.7 Å². The van der Waals surface area contributed by atoms with Crippen molar-refractivity contribution < 1.29 is 4.74 Å². The zero-order chi connectivity index (χ0) is 12.4. The Morgan fingerprint density at radius 1 is 1.22 bits per heavy atom. The minimum atomic E-state index is 0.307. The molecule has 0 radical (unpaired) electrons. The van der Waals surface area contributed by atoms with Crippen LogP contribution >= 0.6 is 0 Å². The fourth-order valence-corrected chi connectivity index (χ4v) is 2.78. The van der Waals surface area contributed by atoms with E-state index in [1.165, 1.54) is 24.0 Å². The molecule has 1 aliphatic heterocycles. The summed E-state index contributed by atoms with van der Waals surface area (Å²) < 4.78 is 5.38. The maximum absolute atomic E-state index is 5.91. The number of benzene rings is 1. The van der Waals surface area contributed by atoms with Gasteiger partial charge in [-0.2, -0.15) is 0 Å². The maximum Gasteiger partial charge on any atom is 0.0594 e. The molecule has 0 atom stereocenters. The predicted molar refractivity (Wildman–Crippen MR) is 72.5 cm³/mol. The Morgan fingerprint density at radius 3 is 2.67 bits per heavy atom. The first-order chi connectivity index (χ1) is 8.82. The van der Waals surface area contributed by atoms with Crippen molar-refractivity contribution in [3.05, 3.63) is 35.4 Å². The molecule has 3 nitrogen and oxygen atoms in total. The average molecular weight is 246 g/mol. The average Bonchev–Trinajstić information content (AvgIpc) is 3.21. The predicted octanol–water partition coefficient (Wildman–Crippen LogP) is 1.51. The van der Waals surface area contributed by atoms with E-state index in [1.54, 1.807) is 0 Å². The zero-order valence-corrected chi connectivity index (χ0v) is 10.9. The van der Waals surface area contributed by atoms with E-state index < -0.39 is 0 Å². The van der Waals surface area contributed by atoms with E-state index in [9.17, 15) is 0 Å². The van der Waals surface area contributed by atoms with Crippen molar-refractivity contribution in [3.8, 4) is 0 Å². The number of ether oxygens (including phenoxy) is 1. The van der Waals surface area contributed by atoms with Gasteiger partial charge in [-0.05, 0) is 24.0 Å². The number of morpholine rings is 1. The van der Waals surface area contributed by atoms with Crippen molar-refractivity contribution in [2.24, 2.45) is 5.73 Å². The Bertz CT molecular complexity index is 409. The van der Waals surface area contributed by atoms with Gasteiger partial charge in [0, 0.05) is 31.6 Å². The van der Waals surface area contributed by atoms with Crippen LogP contribution in [0.3, 0.4) is 0 Å². The van der Waals surface area contributed by atoms with Gasteiger partial charge in [0.2, 0.25) is 0 Å². The Kier molecular flexibility index (Phi) is 3.37. The summed E-state index contributed by atoms with van der Waals surface area (Å²) in [5, 5.41) is 0. The summed E-state index contributed by atoms with van der Waals surface area (Å²) in [5.41, 5.74) is 9.07. The highest BCUT2D eigenvalue weighted by atomic mass is 16.5. The van der Waals surface area contributed by atoms with Gasteiger partial charge >= 0.3 is 0 Å². The molecule has 0 bridgehead atoms. The van der Waals surface area contributed by atoms with Crippen LogP contribution in [0.2, 0.25) is 0 Å². The molecule has 3 rings (SSSR count). The second-order valence-corrected chi connectivity index (χ2v) is 5.57. The highest BCUT2D eigenvalue weighted by Gasteiger charge is 2.42. The number of hydrogen-bond acceptors (Lipinski definition) is 3. The van der Waals surface area contributed by atoms with E-state index in [0.29, 0.717) is 5.41 Å². The van der Waals surface area contributed by atoms with Crippen molar-refractivity contribution in [1.82, 2.24) is 4.90 Å². The lowest BCUT2D eigenvalue weighted by atomic mass is 9.94. The number of rotatable bonds is 4. The topological polar surface area (TPSA) is 38.5 Å². The van der Waals surface area contributed by atoms with Gasteiger partial charge in [-0.3, -0.25) is 4.90 Å². The van der Waals surface area contributed by atoms with Crippen molar-refractivity contribution in [3.63, 3.8) is 0 Å². The van der Waals surface area contributed by atoms with Crippen LogP contribution in [0.15, 0.2) is 24.3 Å². The Morgan fingerprint density at radius 2 is 2.00 bits per heavy atom. The maximum atomic E-state index is 5.91. The second kappa shape index (κ2) is 5.00. The van der Waals surface area contributed by atoms with E-state index in [4.69, 9.17) is 10.5 Å². The third-order valence-corrected chi connectivity index (χ3v) is 4.29. The molecule has 2 N–H and O–H groups in total. The third-order valence-electron chi connectivity index (χ3n) is 4.29. The summed E-state index contributed by atoms with van der Waals surface area (Å²) in [5.74, 6) is 0. The van der Waals surface area contributed by atoms with Crippen molar-refractivity contribution in [1.29, 1.82) is 0 Å². The van der Waals surface area contributed by atoms with E-state index in [-0.39, 0.29) is 0 Å². The largest absolute Gasteiger partial charge is 0.379 e. The molecule has 1 saturated carbocycles. The van der Waals surface area contributed by atoms with Crippen molar-refractivity contribution in [2.75, 3.05) is 32.8 Å². The van der Waals surface area contributed by atoms with Crippen LogP contribution in [0.25, 0.3) is 0 Å². The first-order valence-electron chi connectivity index (χ1n) is 6.92. The molecule has 0 unspecified atom stereocenters. The van der Waals surface area contributed by atoms with Gasteiger partial charge in [0.15, 0.2) is 0 Å². The van der Waals surface area contributed by atoms with Crippen LogP contribution < -0.4 is 5.73 Å². The fourth-order valence-electron chi connectivity index (χ4n) is 2.78. The van der Waals surface area contributed by atoms with Gasteiger partial charge in [0.25, 0.3) is 0 Å². The second-order valence-electron chi connectivity index (χ2n) is 5.57. The van der Waals surface area contributed by atoms with Crippen LogP contribution in [-0.2, 0) is 16.7 Å². The Labute approximate surface area is 109 Å². The third kappa shape index (κ3) is 2.44. The van der Waals surface area contributed by atoms with Crippen LogP contribution in [0.4, 0.5) is 0 Å². The van der Waals surface area contributed by atoms with Crippen molar-refractivity contribution in [2.45, 2.75) is 24.8 Å². The monoisotopic (exact) mass is 246 g/mol. The molecule has 2 aliphatic rings. The van der Waals surface area contributed by atoms with Gasteiger partial charge in [0.05, 0.1) is 13.2 Å². The smallest absolute Gasteiger partial charge is 0.0594 e. The molecule has 98 valence electrons.